The van der Waals surface area contributed by atoms with Gasteiger partial charge in [-0.3, -0.25) is 9.59 Å². The van der Waals surface area contributed by atoms with Crippen molar-refractivity contribution in [3.05, 3.63) is 0 Å². The van der Waals surface area contributed by atoms with Gasteiger partial charge in [0, 0.05) is 49.0 Å². The molecule has 1 saturated carbocycles. The molecule has 4 amide bonds. The lowest BCUT2D eigenvalue weighted by Crippen LogP contribution is -2.68. The van der Waals surface area contributed by atoms with Crippen molar-refractivity contribution in [2.45, 2.75) is 206 Å². The Morgan fingerprint density at radius 2 is 1.30 bits per heavy atom. The lowest BCUT2D eigenvalue weighted by molar-refractivity contribution is -0.315. The third-order valence-corrected chi connectivity index (χ3v) is 14.2. The van der Waals surface area contributed by atoms with E-state index in [-0.39, 0.29) is 49.3 Å². The first-order valence-electron chi connectivity index (χ1n) is 22.5. The van der Waals surface area contributed by atoms with Crippen LogP contribution in [0.2, 0.25) is 0 Å². The molecule has 0 aromatic rings. The summed E-state index contributed by atoms with van der Waals surface area (Å²) in [5, 5.41) is 64.6. The van der Waals surface area contributed by atoms with Gasteiger partial charge in [-0.05, 0) is 38.5 Å². The monoisotopic (exact) mass is 891 g/mol. The smallest absolute Gasteiger partial charge is 0.315 e. The Bertz CT molecular complexity index is 1360. The minimum absolute atomic E-state index is 0.0305. The van der Waals surface area contributed by atoms with E-state index in [0.29, 0.717) is 24.6 Å². The van der Waals surface area contributed by atoms with E-state index in [4.69, 9.17) is 41.9 Å². The van der Waals surface area contributed by atoms with Gasteiger partial charge in [-0.1, -0.05) is 51.4 Å². The van der Waals surface area contributed by atoms with E-state index in [1.54, 1.807) is 0 Å². The molecule has 5 fully saturated rings. The zero-order valence-electron chi connectivity index (χ0n) is 35.3. The van der Waals surface area contributed by atoms with Gasteiger partial charge in [0.05, 0.1) is 36.9 Å². The van der Waals surface area contributed by atoms with Crippen LogP contribution in [0.25, 0.3) is 0 Å². The Morgan fingerprint density at radius 1 is 0.705 bits per heavy atom. The van der Waals surface area contributed by atoms with Gasteiger partial charge < -0.3 is 88.7 Å². The summed E-state index contributed by atoms with van der Waals surface area (Å²) in [6.07, 6.45) is 1.36. The second-order valence-electron chi connectivity index (χ2n) is 17.5. The van der Waals surface area contributed by atoms with Crippen LogP contribution in [0, 0.1) is 0 Å². The van der Waals surface area contributed by atoms with Gasteiger partial charge in [0.15, 0.2) is 12.6 Å². The maximum atomic E-state index is 12.6. The van der Waals surface area contributed by atoms with E-state index < -0.39 is 92.2 Å². The lowest BCUT2D eigenvalue weighted by Gasteiger charge is -2.47. The van der Waals surface area contributed by atoms with Crippen LogP contribution in [0.15, 0.2) is 0 Å². The second kappa shape index (κ2) is 24.9. The lowest BCUT2D eigenvalue weighted by atomic mass is 9.84. The molecule has 20 nitrogen and oxygen atoms in total. The number of aliphatic hydroxyl groups is 5. The first-order chi connectivity index (χ1) is 29.3. The maximum Gasteiger partial charge on any atom is 0.315 e. The number of hydrogen-bond donors (Lipinski definition) is 13. The number of fused-ring (bicyclic) bond motifs is 1. The van der Waals surface area contributed by atoms with Gasteiger partial charge >= 0.3 is 6.03 Å². The molecule has 0 spiro atoms. The molecule has 4 saturated heterocycles. The number of carbonyl (C=O) groups is 3. The van der Waals surface area contributed by atoms with Crippen LogP contribution in [0.5, 0.6) is 0 Å². The first kappa shape index (κ1) is 50.0. The van der Waals surface area contributed by atoms with E-state index in [0.717, 1.165) is 82.8 Å². The summed E-state index contributed by atoms with van der Waals surface area (Å²) in [4.78, 5) is 36.4. The highest BCUT2D eigenvalue weighted by molar-refractivity contribution is 8.00. The van der Waals surface area contributed by atoms with Gasteiger partial charge in [0.2, 0.25) is 11.8 Å². The van der Waals surface area contributed by atoms with Crippen molar-refractivity contribution in [3.63, 3.8) is 0 Å². The molecule has 1 aliphatic carbocycles. The Kier molecular flexibility index (Phi) is 20.4. The van der Waals surface area contributed by atoms with Crippen molar-refractivity contribution >= 4 is 29.6 Å². The Morgan fingerprint density at radius 3 is 1.97 bits per heavy atom. The van der Waals surface area contributed by atoms with Crippen molar-refractivity contribution in [2.75, 3.05) is 25.4 Å². The van der Waals surface area contributed by atoms with E-state index in [1.807, 2.05) is 11.8 Å². The number of aliphatic hydroxyl groups excluding tert-OH is 5. The molecule has 5 rings (SSSR count). The van der Waals surface area contributed by atoms with Crippen LogP contribution in [0.4, 0.5) is 4.79 Å². The average Bonchev–Trinajstić information content (AvgIpc) is 3.79. The largest absolute Gasteiger partial charge is 0.394 e. The Hall–Kier alpha value is -1.96. The minimum atomic E-state index is -1.49. The number of nitrogens with two attached hydrogens (primary N) is 4. The zero-order chi connectivity index (χ0) is 44.1. The molecular formula is C40H74N8O12S. The van der Waals surface area contributed by atoms with Crippen molar-refractivity contribution in [3.8, 4) is 0 Å². The summed E-state index contributed by atoms with van der Waals surface area (Å²) in [6, 6.07) is -3.14. The van der Waals surface area contributed by atoms with Gasteiger partial charge in [-0.25, -0.2) is 4.79 Å². The predicted molar refractivity (Wildman–Crippen MR) is 225 cm³/mol. The number of hydrogen-bond acceptors (Lipinski definition) is 17. The third kappa shape index (κ3) is 14.5. The minimum Gasteiger partial charge on any atom is -0.394 e. The number of nitrogens with one attached hydrogen (secondary N) is 4. The fourth-order valence-electron chi connectivity index (χ4n) is 8.94. The standard InChI is InChI=1S/C40H74N8O12S/c41-21-16-22(42)37(60-39-34(54)31(44)33(53)27(19-49)58-39)35(55)36(21)59-38-23(43)17-25(50)26(57-38)18-46-30(52)13-8-6-4-2-1-3-5-7-11-15-45-29(51)14-10-9-12-28-32-24(20-61-28)47-40(56)48-32/h21-28,31-39,49-50,53-55H,1-20,41-44H2,(H,45,51)(H,46,52)(H2,47,48,56)/t21-,22-,23?,24?,25+,26?,27?,28+,31+,32?,33-,34?,35?,36-,37?,38-,39-/m1/s1. The Labute approximate surface area is 363 Å². The molecule has 4 aliphatic heterocycles. The van der Waals surface area contributed by atoms with Crippen LogP contribution in [0.3, 0.4) is 0 Å². The summed E-state index contributed by atoms with van der Waals surface area (Å²) >= 11 is 1.90. The molecule has 5 aliphatic rings. The summed E-state index contributed by atoms with van der Waals surface area (Å²) < 4.78 is 23.5. The third-order valence-electron chi connectivity index (χ3n) is 12.7. The molecular weight excluding hydrogens is 817 g/mol. The van der Waals surface area contributed by atoms with Gasteiger partial charge in [-0.2, -0.15) is 11.8 Å². The normalized spacial score (nSPS) is 38.7. The molecule has 17 N–H and O–H groups in total. The average molecular weight is 891 g/mol. The zero-order valence-corrected chi connectivity index (χ0v) is 36.1. The fraction of sp³-hybridized carbons (Fsp3) is 0.925. The molecule has 0 bridgehead atoms. The number of carbonyl (C=O) groups excluding carboxylic acids is 3. The number of ether oxygens (including phenoxy) is 4. The topological polar surface area (TPSA) is 341 Å². The molecule has 21 heteroatoms. The number of unbranched alkanes of at least 4 members (excludes halogenated alkanes) is 9. The van der Waals surface area contributed by atoms with E-state index in [9.17, 15) is 39.9 Å². The highest BCUT2D eigenvalue weighted by Crippen LogP contribution is 2.34. The number of amides is 4. The van der Waals surface area contributed by atoms with E-state index in [1.165, 1.54) is 0 Å². The molecule has 61 heavy (non-hydrogen) atoms. The fourth-order valence-corrected chi connectivity index (χ4v) is 10.5. The van der Waals surface area contributed by atoms with Crippen molar-refractivity contribution in [2.24, 2.45) is 22.9 Å². The van der Waals surface area contributed by atoms with E-state index >= 15 is 0 Å². The van der Waals surface area contributed by atoms with Crippen LogP contribution >= 0.6 is 11.8 Å². The van der Waals surface area contributed by atoms with Gasteiger partial charge in [0.1, 0.15) is 42.7 Å². The second-order valence-corrected chi connectivity index (χ2v) is 18.8. The van der Waals surface area contributed by atoms with E-state index in [2.05, 4.69) is 21.3 Å². The Balaban J connectivity index is 0.876. The SMILES string of the molecule is NC1C[C@H](O)C(CNC(=O)CCCCCCCCCCCNC(=O)CCCC[C@@H]2SCC3NC(=O)NC32)O[C@@H]1O[C@H]1C(O)C(O[C@H]2OC(CO)[C@@H](O)[C@H](N)C2O)[C@H](N)C[C@H]1N. The highest BCUT2D eigenvalue weighted by Gasteiger charge is 2.50. The van der Waals surface area contributed by atoms with Crippen molar-refractivity contribution in [1.29, 1.82) is 0 Å². The summed E-state index contributed by atoms with van der Waals surface area (Å²) in [6.45, 7) is 0.159. The predicted octanol–water partition coefficient (Wildman–Crippen LogP) is -2.40. The van der Waals surface area contributed by atoms with Crippen molar-refractivity contribution < 1.29 is 58.9 Å². The van der Waals surface area contributed by atoms with Crippen LogP contribution < -0.4 is 44.2 Å². The molecule has 352 valence electrons. The van der Waals surface area contributed by atoms with Crippen LogP contribution in [-0.2, 0) is 28.5 Å². The maximum absolute atomic E-state index is 12.6. The van der Waals surface area contributed by atoms with Crippen LogP contribution in [0.1, 0.15) is 103 Å². The summed E-state index contributed by atoms with van der Waals surface area (Å²) in [5.74, 6) is 0.913. The number of urea groups is 1. The molecule has 4 heterocycles. The number of rotatable bonds is 24. The summed E-state index contributed by atoms with van der Waals surface area (Å²) in [5.41, 5.74) is 24.8. The quantitative estimate of drug-likeness (QED) is 0.0355. The summed E-state index contributed by atoms with van der Waals surface area (Å²) in [7, 11) is 0. The molecule has 17 atom stereocenters. The van der Waals surface area contributed by atoms with Gasteiger partial charge in [0.25, 0.3) is 0 Å². The van der Waals surface area contributed by atoms with Crippen molar-refractivity contribution in [1.82, 2.24) is 21.3 Å². The molecule has 0 aromatic carbocycles. The highest BCUT2D eigenvalue weighted by atomic mass is 32.2. The number of thioether (sulfide) groups is 1. The van der Waals surface area contributed by atoms with Crippen LogP contribution in [-0.4, -0.2) is 172 Å². The molecule has 0 aromatic heterocycles. The molecule has 0 radical (unpaired) electrons. The molecule has 8 unspecified atom stereocenters. The first-order valence-corrected chi connectivity index (χ1v) is 23.5. The van der Waals surface area contributed by atoms with Gasteiger partial charge in [-0.15, -0.1) is 0 Å².